The first-order valence-electron chi connectivity index (χ1n) is 9.75. The van der Waals surface area contributed by atoms with E-state index in [1.54, 1.807) is 46.2 Å². The zero-order valence-electron chi connectivity index (χ0n) is 17.1. The van der Waals surface area contributed by atoms with Crippen LogP contribution in [0.1, 0.15) is 28.0 Å². The maximum Gasteiger partial charge on any atom is 0.293 e. The van der Waals surface area contributed by atoms with Gasteiger partial charge in [-0.2, -0.15) is 0 Å². The minimum atomic E-state index is -0.278. The number of piperazine rings is 1. The number of methoxy groups -OCH3 is 1. The second-order valence-electron chi connectivity index (χ2n) is 7.16. The maximum atomic E-state index is 13.0. The van der Waals surface area contributed by atoms with E-state index in [2.05, 4.69) is 15.1 Å². The van der Waals surface area contributed by atoms with Crippen molar-refractivity contribution >= 4 is 23.4 Å². The summed E-state index contributed by atoms with van der Waals surface area (Å²) in [5.41, 5.74) is 1.03. The molecule has 1 saturated heterocycles. The highest BCUT2D eigenvalue weighted by atomic mass is 35.5. The average molecular weight is 441 g/mol. The van der Waals surface area contributed by atoms with Gasteiger partial charge >= 0.3 is 0 Å². The van der Waals surface area contributed by atoms with Crippen LogP contribution in [0.25, 0.3) is 5.69 Å². The van der Waals surface area contributed by atoms with E-state index in [1.807, 2.05) is 13.0 Å². The summed E-state index contributed by atoms with van der Waals surface area (Å²) in [7, 11) is 1.50. The van der Waals surface area contributed by atoms with Crippen molar-refractivity contribution in [3.8, 4) is 11.6 Å². The maximum absolute atomic E-state index is 13.0. The molecule has 0 spiro atoms. The van der Waals surface area contributed by atoms with Gasteiger partial charge in [-0.05, 0) is 31.2 Å². The van der Waals surface area contributed by atoms with Crippen molar-refractivity contribution in [1.29, 1.82) is 0 Å². The monoisotopic (exact) mass is 440 g/mol. The van der Waals surface area contributed by atoms with Gasteiger partial charge in [-0.25, -0.2) is 14.6 Å². The molecule has 3 aromatic rings. The molecule has 1 aromatic carbocycles. The van der Waals surface area contributed by atoms with Gasteiger partial charge in [0.25, 0.3) is 11.8 Å². The molecule has 2 aromatic heterocycles. The van der Waals surface area contributed by atoms with Crippen LogP contribution < -0.4 is 4.74 Å². The smallest absolute Gasteiger partial charge is 0.293 e. The van der Waals surface area contributed by atoms with E-state index < -0.39 is 0 Å². The Hall–Kier alpha value is -3.46. The fraction of sp³-hybridized carbons (Fsp3) is 0.286. The lowest BCUT2D eigenvalue weighted by Crippen LogP contribution is -2.55. The quantitative estimate of drug-likeness (QED) is 0.618. The molecule has 0 saturated carbocycles. The number of carbonyl (C=O) groups is 2. The Bertz CT molecular complexity index is 1120. The fourth-order valence-electron chi connectivity index (χ4n) is 3.49. The Morgan fingerprint density at radius 1 is 1.13 bits per heavy atom. The molecule has 0 N–H and O–H groups in total. The number of aromatic nitrogens is 4. The van der Waals surface area contributed by atoms with Gasteiger partial charge < -0.3 is 14.5 Å². The Morgan fingerprint density at radius 2 is 1.94 bits per heavy atom. The van der Waals surface area contributed by atoms with Gasteiger partial charge in [-0.3, -0.25) is 9.59 Å². The molecule has 3 heterocycles. The molecule has 1 atom stereocenters. The molecule has 1 unspecified atom stereocenters. The predicted molar refractivity (Wildman–Crippen MR) is 114 cm³/mol. The number of nitrogens with zero attached hydrogens (tertiary/aromatic N) is 6. The van der Waals surface area contributed by atoms with Crippen LogP contribution in [0.2, 0.25) is 5.02 Å². The second-order valence-corrected chi connectivity index (χ2v) is 7.59. The third-order valence-corrected chi connectivity index (χ3v) is 5.32. The molecular formula is C21H21ClN6O3. The summed E-state index contributed by atoms with van der Waals surface area (Å²) >= 11 is 6.03. The van der Waals surface area contributed by atoms with Gasteiger partial charge in [0.1, 0.15) is 12.0 Å². The first-order chi connectivity index (χ1) is 15.0. The normalized spacial score (nSPS) is 16.3. The highest BCUT2D eigenvalue weighted by molar-refractivity contribution is 6.30. The number of ether oxygens (including phenoxy) is 1. The molecule has 0 bridgehead atoms. The third kappa shape index (κ3) is 4.36. The number of pyridine rings is 1. The number of hydrogen-bond donors (Lipinski definition) is 0. The van der Waals surface area contributed by atoms with Gasteiger partial charge in [-0.15, -0.1) is 5.10 Å². The van der Waals surface area contributed by atoms with Gasteiger partial charge in [0.2, 0.25) is 11.7 Å². The molecule has 1 fully saturated rings. The van der Waals surface area contributed by atoms with Crippen LogP contribution in [-0.2, 0) is 0 Å². The first kappa shape index (κ1) is 20.8. The summed E-state index contributed by atoms with van der Waals surface area (Å²) in [5.74, 6) is 0.0104. The lowest BCUT2D eigenvalue weighted by molar-refractivity contribution is 0.0404. The molecule has 4 rings (SSSR count). The summed E-state index contributed by atoms with van der Waals surface area (Å²) in [4.78, 5) is 37.5. The lowest BCUT2D eigenvalue weighted by atomic mass is 10.1. The van der Waals surface area contributed by atoms with Crippen molar-refractivity contribution < 1.29 is 14.3 Å². The standard InChI is InChI=1S/C21H21ClN6O3/c1-14-12-26(20(29)17-7-4-8-18(24-17)31-2)9-10-27(14)21(30)19-23-13-28(25-19)16-6-3-5-15(22)11-16/h3-8,11,13-14H,9-10,12H2,1-2H3. The highest BCUT2D eigenvalue weighted by Crippen LogP contribution is 2.17. The van der Waals surface area contributed by atoms with Crippen LogP contribution in [0, 0.1) is 0 Å². The van der Waals surface area contributed by atoms with Gasteiger partial charge in [0, 0.05) is 36.8 Å². The largest absolute Gasteiger partial charge is 0.481 e. The molecule has 1 aliphatic heterocycles. The lowest BCUT2D eigenvalue weighted by Gasteiger charge is -2.39. The zero-order chi connectivity index (χ0) is 22.0. The van der Waals surface area contributed by atoms with Crippen LogP contribution in [-0.4, -0.2) is 74.1 Å². The minimum absolute atomic E-state index is 0.0982. The molecule has 0 aliphatic carbocycles. The Kier molecular flexibility index (Phi) is 5.85. The molecule has 1 aliphatic rings. The zero-order valence-corrected chi connectivity index (χ0v) is 17.9. The highest BCUT2D eigenvalue weighted by Gasteiger charge is 2.32. The summed E-state index contributed by atoms with van der Waals surface area (Å²) < 4.78 is 6.61. The predicted octanol–water partition coefficient (Wildman–Crippen LogP) is 2.31. The number of benzene rings is 1. The molecule has 0 radical (unpaired) electrons. The Labute approximate surface area is 184 Å². The van der Waals surface area contributed by atoms with Crippen LogP contribution in [0.5, 0.6) is 5.88 Å². The van der Waals surface area contributed by atoms with E-state index in [0.29, 0.717) is 41.9 Å². The molecule has 9 nitrogen and oxygen atoms in total. The molecule has 31 heavy (non-hydrogen) atoms. The first-order valence-corrected chi connectivity index (χ1v) is 10.1. The van der Waals surface area contributed by atoms with Crippen molar-refractivity contribution in [3.63, 3.8) is 0 Å². The average Bonchev–Trinajstić information content (AvgIpc) is 3.28. The van der Waals surface area contributed by atoms with E-state index in [9.17, 15) is 9.59 Å². The van der Waals surface area contributed by atoms with Crippen LogP contribution in [0.4, 0.5) is 0 Å². The minimum Gasteiger partial charge on any atom is -0.481 e. The van der Waals surface area contributed by atoms with E-state index in [0.717, 1.165) is 0 Å². The van der Waals surface area contributed by atoms with E-state index in [4.69, 9.17) is 16.3 Å². The fourth-order valence-corrected chi connectivity index (χ4v) is 3.67. The summed E-state index contributed by atoms with van der Waals surface area (Å²) in [5, 5.41) is 4.87. The number of carbonyl (C=O) groups excluding carboxylic acids is 2. The molecule has 2 amide bonds. The van der Waals surface area contributed by atoms with Crippen molar-refractivity contribution in [2.75, 3.05) is 26.7 Å². The van der Waals surface area contributed by atoms with Crippen molar-refractivity contribution in [2.45, 2.75) is 13.0 Å². The summed E-state index contributed by atoms with van der Waals surface area (Å²) in [6.07, 6.45) is 1.48. The van der Waals surface area contributed by atoms with Gasteiger partial charge in [0.05, 0.1) is 12.8 Å². The Balaban J connectivity index is 1.44. The number of amides is 2. The SMILES string of the molecule is COc1cccc(C(=O)N2CCN(C(=O)c3ncn(-c4cccc(Cl)c4)n3)C(C)C2)n1. The van der Waals surface area contributed by atoms with Crippen molar-refractivity contribution in [1.82, 2.24) is 29.5 Å². The number of halogens is 1. The Morgan fingerprint density at radius 3 is 2.68 bits per heavy atom. The van der Waals surface area contributed by atoms with E-state index >= 15 is 0 Å². The topological polar surface area (TPSA) is 93.5 Å². The van der Waals surface area contributed by atoms with Gasteiger partial charge in [-0.1, -0.05) is 23.7 Å². The summed E-state index contributed by atoms with van der Waals surface area (Å²) in [6, 6.07) is 12.0. The number of hydrogen-bond acceptors (Lipinski definition) is 6. The molecule has 10 heteroatoms. The molecular weight excluding hydrogens is 420 g/mol. The van der Waals surface area contributed by atoms with Crippen molar-refractivity contribution in [2.24, 2.45) is 0 Å². The van der Waals surface area contributed by atoms with E-state index in [1.165, 1.54) is 18.1 Å². The number of rotatable bonds is 4. The van der Waals surface area contributed by atoms with Crippen LogP contribution >= 0.6 is 11.6 Å². The van der Waals surface area contributed by atoms with Crippen molar-refractivity contribution in [3.05, 3.63) is 65.3 Å². The van der Waals surface area contributed by atoms with Gasteiger partial charge in [0.15, 0.2) is 0 Å². The molecule has 160 valence electrons. The summed E-state index contributed by atoms with van der Waals surface area (Å²) in [6.45, 7) is 3.05. The van der Waals surface area contributed by atoms with Crippen LogP contribution in [0.3, 0.4) is 0 Å². The third-order valence-electron chi connectivity index (χ3n) is 5.08. The van der Waals surface area contributed by atoms with Crippen LogP contribution in [0.15, 0.2) is 48.8 Å². The van der Waals surface area contributed by atoms with E-state index in [-0.39, 0.29) is 23.7 Å². The second kappa shape index (κ2) is 8.73.